The fourth-order valence-corrected chi connectivity index (χ4v) is 2.47. The number of ether oxygens (including phenoxy) is 1. The Kier molecular flexibility index (Phi) is 6.42. The Morgan fingerprint density at radius 2 is 1.72 bits per heavy atom. The molecular formula is C17H22ClNO6. The number of aromatic carboxylic acids is 1. The maximum absolute atomic E-state index is 12.6. The zero-order chi connectivity index (χ0) is 19.5. The first-order valence-electron chi connectivity index (χ1n) is 7.63. The van der Waals surface area contributed by atoms with Crippen molar-refractivity contribution in [2.24, 2.45) is 5.92 Å². The predicted molar refractivity (Wildman–Crippen MR) is 93.4 cm³/mol. The van der Waals surface area contributed by atoms with Crippen molar-refractivity contribution in [1.29, 1.82) is 0 Å². The van der Waals surface area contributed by atoms with Crippen molar-refractivity contribution in [3.63, 3.8) is 0 Å². The zero-order valence-electron chi connectivity index (χ0n) is 14.7. The zero-order valence-corrected chi connectivity index (χ0v) is 15.5. The fourth-order valence-electron chi connectivity index (χ4n) is 2.20. The normalized spacial score (nSPS) is 12.6. The van der Waals surface area contributed by atoms with Crippen LogP contribution in [0.4, 0.5) is 10.5 Å². The number of carboxylic acids is 2. The number of anilines is 1. The van der Waals surface area contributed by atoms with Crippen molar-refractivity contribution in [2.45, 2.75) is 46.3 Å². The molecule has 0 aliphatic heterocycles. The Bertz CT molecular complexity index is 680. The first kappa shape index (κ1) is 20.8. The second kappa shape index (κ2) is 7.74. The van der Waals surface area contributed by atoms with E-state index in [1.54, 1.807) is 34.6 Å². The third-order valence-electron chi connectivity index (χ3n) is 3.21. The van der Waals surface area contributed by atoms with Gasteiger partial charge in [-0.1, -0.05) is 25.4 Å². The second-order valence-electron chi connectivity index (χ2n) is 6.85. The number of carbonyl (C=O) groups excluding carboxylic acids is 1. The van der Waals surface area contributed by atoms with Crippen LogP contribution in [0.25, 0.3) is 0 Å². The molecule has 0 saturated carbocycles. The highest BCUT2D eigenvalue weighted by Gasteiger charge is 2.37. The third kappa shape index (κ3) is 5.35. The fraction of sp³-hybridized carbons (Fsp3) is 0.471. The van der Waals surface area contributed by atoms with Crippen molar-refractivity contribution in [3.05, 3.63) is 28.8 Å². The molecule has 0 aliphatic carbocycles. The van der Waals surface area contributed by atoms with Crippen molar-refractivity contribution in [1.82, 2.24) is 0 Å². The lowest BCUT2D eigenvalue weighted by Crippen LogP contribution is -2.50. The number of hydrogen-bond acceptors (Lipinski definition) is 4. The molecule has 0 fully saturated rings. The minimum atomic E-state index is -1.23. The van der Waals surface area contributed by atoms with Gasteiger partial charge < -0.3 is 14.9 Å². The molecule has 138 valence electrons. The lowest BCUT2D eigenvalue weighted by atomic mass is 10.0. The van der Waals surface area contributed by atoms with Gasteiger partial charge in [0.05, 0.1) is 16.3 Å². The number of carboxylic acid groups (broad SMARTS) is 2. The lowest BCUT2D eigenvalue weighted by molar-refractivity contribution is -0.139. The van der Waals surface area contributed by atoms with E-state index < -0.39 is 35.6 Å². The summed E-state index contributed by atoms with van der Waals surface area (Å²) in [6.07, 6.45) is -0.876. The number of amides is 1. The van der Waals surface area contributed by atoms with Crippen molar-refractivity contribution in [2.75, 3.05) is 4.90 Å². The van der Waals surface area contributed by atoms with Gasteiger partial charge in [0, 0.05) is 0 Å². The quantitative estimate of drug-likeness (QED) is 0.813. The summed E-state index contributed by atoms with van der Waals surface area (Å²) in [5.41, 5.74) is -0.848. The molecule has 1 aromatic rings. The Labute approximate surface area is 151 Å². The van der Waals surface area contributed by atoms with Crippen LogP contribution in [0.2, 0.25) is 5.02 Å². The molecule has 1 aromatic carbocycles. The van der Waals surface area contributed by atoms with Crippen LogP contribution in [-0.2, 0) is 9.53 Å². The first-order chi connectivity index (χ1) is 11.3. The van der Waals surface area contributed by atoms with Crippen LogP contribution in [0.3, 0.4) is 0 Å². The summed E-state index contributed by atoms with van der Waals surface area (Å²) in [5, 5.41) is 18.5. The molecule has 0 radical (unpaired) electrons. The maximum Gasteiger partial charge on any atom is 0.415 e. The average Bonchev–Trinajstić information content (AvgIpc) is 2.41. The monoisotopic (exact) mass is 371 g/mol. The van der Waals surface area contributed by atoms with E-state index in [-0.39, 0.29) is 16.3 Å². The number of benzene rings is 1. The standard InChI is InChI=1S/C17H22ClNO6/c1-9(2)13(15(22)23)19(16(24)25-17(3,4)5)12-7-6-10(14(20)21)8-11(12)18/h6-9,13H,1-5H3,(H,20,21)(H,22,23)/t13-/m1/s1. The summed E-state index contributed by atoms with van der Waals surface area (Å²) in [7, 11) is 0. The van der Waals surface area contributed by atoms with Crippen LogP contribution in [0.1, 0.15) is 45.0 Å². The number of hydrogen-bond donors (Lipinski definition) is 2. The smallest absolute Gasteiger partial charge is 0.415 e. The van der Waals surface area contributed by atoms with Crippen LogP contribution in [0.15, 0.2) is 18.2 Å². The Hall–Kier alpha value is -2.28. The molecule has 2 N–H and O–H groups in total. The number of carbonyl (C=O) groups is 3. The van der Waals surface area contributed by atoms with Crippen LogP contribution < -0.4 is 4.90 Å². The highest BCUT2D eigenvalue weighted by Crippen LogP contribution is 2.32. The van der Waals surface area contributed by atoms with Crippen LogP contribution in [0, 0.1) is 5.92 Å². The molecule has 1 atom stereocenters. The Morgan fingerprint density at radius 3 is 2.08 bits per heavy atom. The molecule has 0 spiro atoms. The molecule has 0 saturated heterocycles. The highest BCUT2D eigenvalue weighted by atomic mass is 35.5. The van der Waals surface area contributed by atoms with E-state index in [0.717, 1.165) is 11.0 Å². The first-order valence-corrected chi connectivity index (χ1v) is 8.00. The molecule has 25 heavy (non-hydrogen) atoms. The minimum Gasteiger partial charge on any atom is -0.480 e. The second-order valence-corrected chi connectivity index (χ2v) is 7.26. The number of rotatable bonds is 5. The molecule has 0 unspecified atom stereocenters. The lowest BCUT2D eigenvalue weighted by Gasteiger charge is -2.33. The van der Waals surface area contributed by atoms with E-state index in [0.29, 0.717) is 0 Å². The van der Waals surface area contributed by atoms with Gasteiger partial charge in [-0.05, 0) is 44.9 Å². The van der Waals surface area contributed by atoms with E-state index in [1.807, 2.05) is 0 Å². The van der Waals surface area contributed by atoms with Gasteiger partial charge >= 0.3 is 18.0 Å². The van der Waals surface area contributed by atoms with Gasteiger partial charge in [0.2, 0.25) is 0 Å². The van der Waals surface area contributed by atoms with Gasteiger partial charge in [0.25, 0.3) is 0 Å². The Morgan fingerprint density at radius 1 is 1.16 bits per heavy atom. The molecule has 0 aromatic heterocycles. The highest BCUT2D eigenvalue weighted by molar-refractivity contribution is 6.34. The van der Waals surface area contributed by atoms with E-state index in [2.05, 4.69) is 0 Å². The topological polar surface area (TPSA) is 104 Å². The van der Waals surface area contributed by atoms with E-state index in [4.69, 9.17) is 21.4 Å². The SMILES string of the molecule is CC(C)[C@H](C(=O)O)N(C(=O)OC(C)(C)C)c1ccc(C(=O)O)cc1Cl. The Balaban J connectivity index is 3.48. The molecule has 7 nitrogen and oxygen atoms in total. The predicted octanol–water partition coefficient (Wildman–Crippen LogP) is 3.89. The number of halogens is 1. The van der Waals surface area contributed by atoms with Crippen LogP contribution in [0.5, 0.6) is 0 Å². The molecule has 0 bridgehead atoms. The summed E-state index contributed by atoms with van der Waals surface area (Å²) in [6, 6.07) is 2.48. The van der Waals surface area contributed by atoms with E-state index in [1.165, 1.54) is 12.1 Å². The van der Waals surface area contributed by atoms with Crippen LogP contribution in [-0.4, -0.2) is 39.9 Å². The molecule has 0 heterocycles. The summed E-state index contributed by atoms with van der Waals surface area (Å²) >= 11 is 6.13. The van der Waals surface area contributed by atoms with Gasteiger partial charge in [-0.2, -0.15) is 0 Å². The van der Waals surface area contributed by atoms with Crippen LogP contribution >= 0.6 is 11.6 Å². The van der Waals surface area contributed by atoms with Gasteiger partial charge in [0.1, 0.15) is 11.6 Å². The average molecular weight is 372 g/mol. The number of nitrogens with zero attached hydrogens (tertiary/aromatic N) is 1. The van der Waals surface area contributed by atoms with Crippen molar-refractivity contribution < 1.29 is 29.3 Å². The van der Waals surface area contributed by atoms with E-state index >= 15 is 0 Å². The van der Waals surface area contributed by atoms with Gasteiger partial charge in [-0.15, -0.1) is 0 Å². The third-order valence-corrected chi connectivity index (χ3v) is 3.51. The van der Waals surface area contributed by atoms with Gasteiger partial charge in [0.15, 0.2) is 0 Å². The largest absolute Gasteiger partial charge is 0.480 e. The minimum absolute atomic E-state index is 0.0577. The molecule has 8 heteroatoms. The van der Waals surface area contributed by atoms with Crippen molar-refractivity contribution in [3.8, 4) is 0 Å². The molecule has 1 rings (SSSR count). The summed E-state index contributed by atoms with van der Waals surface area (Å²) in [4.78, 5) is 36.4. The maximum atomic E-state index is 12.6. The molecule has 1 amide bonds. The number of aliphatic carboxylic acids is 1. The molecular weight excluding hydrogens is 350 g/mol. The summed E-state index contributed by atoms with van der Waals surface area (Å²) in [6.45, 7) is 8.27. The summed E-state index contributed by atoms with van der Waals surface area (Å²) < 4.78 is 5.32. The van der Waals surface area contributed by atoms with Gasteiger partial charge in [-0.25, -0.2) is 14.4 Å². The molecule has 0 aliphatic rings. The van der Waals surface area contributed by atoms with E-state index in [9.17, 15) is 19.5 Å². The van der Waals surface area contributed by atoms with Crippen molar-refractivity contribution >= 4 is 35.3 Å². The van der Waals surface area contributed by atoms with Gasteiger partial charge in [-0.3, -0.25) is 4.90 Å². The summed E-state index contributed by atoms with van der Waals surface area (Å²) in [5.74, 6) is -2.85.